The van der Waals surface area contributed by atoms with E-state index in [4.69, 9.17) is 4.74 Å². The maximum absolute atomic E-state index is 5.81. The Labute approximate surface area is 130 Å². The third kappa shape index (κ3) is 7.88. The molecule has 0 fully saturated rings. The summed E-state index contributed by atoms with van der Waals surface area (Å²) in [7, 11) is 0. The number of hydrogen-bond donors (Lipinski definition) is 1. The van der Waals surface area contributed by atoms with Crippen LogP contribution in [-0.2, 0) is 6.54 Å². The molecular formula is C18H30N2O. The highest BCUT2D eigenvalue weighted by molar-refractivity contribution is 5.27. The topological polar surface area (TPSA) is 24.5 Å². The van der Waals surface area contributed by atoms with Crippen molar-refractivity contribution >= 4 is 0 Å². The highest BCUT2D eigenvalue weighted by Crippen LogP contribution is 2.12. The summed E-state index contributed by atoms with van der Waals surface area (Å²) in [5, 5.41) is 3.41. The highest BCUT2D eigenvalue weighted by Gasteiger charge is 2.02. The Morgan fingerprint density at radius 1 is 1.24 bits per heavy atom. The molecule has 1 N–H and O–H groups in total. The fraction of sp³-hybridized carbons (Fsp3) is 0.556. The van der Waals surface area contributed by atoms with E-state index >= 15 is 0 Å². The molecule has 0 amide bonds. The van der Waals surface area contributed by atoms with Crippen molar-refractivity contribution in [1.82, 2.24) is 10.2 Å². The first-order valence-corrected chi connectivity index (χ1v) is 7.94. The molecule has 0 heterocycles. The van der Waals surface area contributed by atoms with Crippen molar-refractivity contribution in [3.05, 3.63) is 42.5 Å². The molecule has 0 atom stereocenters. The van der Waals surface area contributed by atoms with E-state index in [1.165, 1.54) is 5.56 Å². The van der Waals surface area contributed by atoms with Crippen LogP contribution < -0.4 is 10.1 Å². The van der Waals surface area contributed by atoms with Gasteiger partial charge in [-0.25, -0.2) is 0 Å². The molecule has 0 aliphatic carbocycles. The fourth-order valence-corrected chi connectivity index (χ4v) is 2.11. The Kier molecular flexibility index (Phi) is 8.79. The van der Waals surface area contributed by atoms with Crippen LogP contribution in [0.15, 0.2) is 36.9 Å². The third-order valence-electron chi connectivity index (χ3n) is 3.24. The summed E-state index contributed by atoms with van der Waals surface area (Å²) >= 11 is 0. The summed E-state index contributed by atoms with van der Waals surface area (Å²) in [6, 6.07) is 8.86. The number of ether oxygens (including phenoxy) is 1. The van der Waals surface area contributed by atoms with Crippen LogP contribution in [0.2, 0.25) is 0 Å². The van der Waals surface area contributed by atoms with Crippen LogP contribution in [0.5, 0.6) is 5.75 Å². The SMILES string of the molecule is C=CCN(CCC)CCOc1ccc(CNC(C)C)cc1. The number of rotatable bonds is 11. The average molecular weight is 290 g/mol. The molecule has 0 radical (unpaired) electrons. The minimum absolute atomic E-state index is 0.510. The first-order valence-electron chi connectivity index (χ1n) is 7.94. The first kappa shape index (κ1) is 17.7. The predicted molar refractivity (Wildman–Crippen MR) is 90.8 cm³/mol. The van der Waals surface area contributed by atoms with Crippen LogP contribution in [0.4, 0.5) is 0 Å². The summed E-state index contributed by atoms with van der Waals surface area (Å²) in [5.41, 5.74) is 1.29. The molecule has 0 aromatic heterocycles. The van der Waals surface area contributed by atoms with Crippen LogP contribution in [-0.4, -0.2) is 37.2 Å². The second-order valence-electron chi connectivity index (χ2n) is 5.62. The minimum Gasteiger partial charge on any atom is -0.492 e. The lowest BCUT2D eigenvalue weighted by Gasteiger charge is -2.19. The van der Waals surface area contributed by atoms with Crippen molar-refractivity contribution in [2.24, 2.45) is 0 Å². The molecule has 0 saturated carbocycles. The summed E-state index contributed by atoms with van der Waals surface area (Å²) < 4.78 is 5.81. The third-order valence-corrected chi connectivity index (χ3v) is 3.24. The van der Waals surface area contributed by atoms with Gasteiger partial charge in [-0.2, -0.15) is 0 Å². The minimum atomic E-state index is 0.510. The Hall–Kier alpha value is -1.32. The smallest absolute Gasteiger partial charge is 0.119 e. The lowest BCUT2D eigenvalue weighted by molar-refractivity contribution is 0.223. The van der Waals surface area contributed by atoms with E-state index in [2.05, 4.69) is 61.8 Å². The normalized spacial score (nSPS) is 11.1. The number of benzene rings is 1. The molecule has 0 bridgehead atoms. The molecule has 0 aliphatic heterocycles. The van der Waals surface area contributed by atoms with Gasteiger partial charge in [0, 0.05) is 25.7 Å². The van der Waals surface area contributed by atoms with Crippen LogP contribution in [0.1, 0.15) is 32.8 Å². The van der Waals surface area contributed by atoms with Gasteiger partial charge in [0.2, 0.25) is 0 Å². The van der Waals surface area contributed by atoms with Crippen LogP contribution >= 0.6 is 0 Å². The van der Waals surface area contributed by atoms with Gasteiger partial charge in [-0.1, -0.05) is 39.0 Å². The summed E-state index contributed by atoms with van der Waals surface area (Å²) in [4.78, 5) is 2.36. The van der Waals surface area contributed by atoms with Crippen molar-refractivity contribution in [2.75, 3.05) is 26.2 Å². The van der Waals surface area contributed by atoms with E-state index < -0.39 is 0 Å². The molecule has 1 aromatic rings. The predicted octanol–water partition coefficient (Wildman–Crippen LogP) is 3.46. The van der Waals surface area contributed by atoms with E-state index in [0.717, 1.165) is 45.0 Å². The van der Waals surface area contributed by atoms with Gasteiger partial charge in [0.25, 0.3) is 0 Å². The van der Waals surface area contributed by atoms with Gasteiger partial charge >= 0.3 is 0 Å². The van der Waals surface area contributed by atoms with Gasteiger partial charge in [-0.05, 0) is 30.7 Å². The van der Waals surface area contributed by atoms with E-state index in [0.29, 0.717) is 6.04 Å². The Morgan fingerprint density at radius 3 is 2.52 bits per heavy atom. The van der Waals surface area contributed by atoms with Crippen LogP contribution in [0.25, 0.3) is 0 Å². The molecule has 0 aliphatic rings. The van der Waals surface area contributed by atoms with Crippen molar-refractivity contribution in [1.29, 1.82) is 0 Å². The maximum Gasteiger partial charge on any atom is 0.119 e. The Morgan fingerprint density at radius 2 is 1.95 bits per heavy atom. The van der Waals surface area contributed by atoms with E-state index in [1.807, 2.05) is 6.08 Å². The van der Waals surface area contributed by atoms with Crippen molar-refractivity contribution in [3.8, 4) is 5.75 Å². The molecule has 3 heteroatoms. The van der Waals surface area contributed by atoms with Gasteiger partial charge in [-0.3, -0.25) is 4.90 Å². The molecular weight excluding hydrogens is 260 g/mol. The zero-order valence-electron chi connectivity index (χ0n) is 13.8. The van der Waals surface area contributed by atoms with Gasteiger partial charge in [0.05, 0.1) is 0 Å². The average Bonchev–Trinajstić information content (AvgIpc) is 2.47. The lowest BCUT2D eigenvalue weighted by Crippen LogP contribution is -2.29. The van der Waals surface area contributed by atoms with Gasteiger partial charge in [-0.15, -0.1) is 6.58 Å². The van der Waals surface area contributed by atoms with Gasteiger partial charge in [0.15, 0.2) is 0 Å². The van der Waals surface area contributed by atoms with Crippen molar-refractivity contribution in [3.63, 3.8) is 0 Å². The van der Waals surface area contributed by atoms with Crippen molar-refractivity contribution < 1.29 is 4.74 Å². The standard InChI is InChI=1S/C18H30N2O/c1-5-11-20(12-6-2)13-14-21-18-9-7-17(8-10-18)15-19-16(3)4/h5,7-10,16,19H,1,6,11-15H2,2-4H3. The second kappa shape index (κ2) is 10.4. The monoisotopic (exact) mass is 290 g/mol. The molecule has 21 heavy (non-hydrogen) atoms. The second-order valence-corrected chi connectivity index (χ2v) is 5.62. The van der Waals surface area contributed by atoms with Crippen molar-refractivity contribution in [2.45, 2.75) is 39.8 Å². The Balaban J connectivity index is 2.33. The molecule has 1 rings (SSSR count). The van der Waals surface area contributed by atoms with E-state index in [1.54, 1.807) is 0 Å². The lowest BCUT2D eigenvalue weighted by atomic mass is 10.2. The molecule has 3 nitrogen and oxygen atoms in total. The largest absolute Gasteiger partial charge is 0.492 e. The van der Waals surface area contributed by atoms with Gasteiger partial charge in [0.1, 0.15) is 12.4 Å². The number of hydrogen-bond acceptors (Lipinski definition) is 3. The zero-order valence-corrected chi connectivity index (χ0v) is 13.8. The summed E-state index contributed by atoms with van der Waals surface area (Å²) in [5.74, 6) is 0.943. The quantitative estimate of drug-likeness (QED) is 0.632. The van der Waals surface area contributed by atoms with Gasteiger partial charge < -0.3 is 10.1 Å². The molecule has 1 aromatic carbocycles. The molecule has 0 spiro atoms. The summed E-state index contributed by atoms with van der Waals surface area (Å²) in [6.45, 7) is 14.9. The fourth-order valence-electron chi connectivity index (χ4n) is 2.11. The van der Waals surface area contributed by atoms with Crippen LogP contribution in [0.3, 0.4) is 0 Å². The molecule has 0 saturated heterocycles. The first-order chi connectivity index (χ1) is 10.2. The van der Waals surface area contributed by atoms with Crippen LogP contribution in [0, 0.1) is 0 Å². The maximum atomic E-state index is 5.81. The van der Waals surface area contributed by atoms with E-state index in [-0.39, 0.29) is 0 Å². The summed E-state index contributed by atoms with van der Waals surface area (Å²) in [6.07, 6.45) is 3.11. The molecule has 118 valence electrons. The Bertz CT molecular complexity index is 387. The number of nitrogens with zero attached hydrogens (tertiary/aromatic N) is 1. The zero-order chi connectivity index (χ0) is 15.5. The highest BCUT2D eigenvalue weighted by atomic mass is 16.5. The van der Waals surface area contributed by atoms with E-state index in [9.17, 15) is 0 Å². The molecule has 0 unspecified atom stereocenters. The number of nitrogens with one attached hydrogen (secondary N) is 1.